The number of ether oxygens (including phenoxy) is 1. The van der Waals surface area contributed by atoms with Crippen molar-refractivity contribution >= 4 is 11.9 Å². The molecule has 0 aliphatic carbocycles. The standard InChI is InChI=1S/C28H33FN2O6/c1-5-35-26(32)23-17(2)30-18(3)28(27(33)34,13-14-31(4)15-19-9-11-21(29)12-10-19)24(23)22-8-6-7-20-16-36-37-25(20)22/h6-12,18,24,30H,5,13-16H2,1-4H3,(H,33,34). The Morgan fingerprint density at radius 2 is 1.97 bits per heavy atom. The molecule has 0 saturated heterocycles. The molecular weight excluding hydrogens is 479 g/mol. The second-order valence-corrected chi connectivity index (χ2v) is 9.70. The van der Waals surface area contributed by atoms with Crippen LogP contribution in [0.4, 0.5) is 4.39 Å². The monoisotopic (exact) mass is 512 g/mol. The Kier molecular flexibility index (Phi) is 7.85. The quantitative estimate of drug-likeness (QED) is 0.382. The number of nitrogens with zero attached hydrogens (tertiary/aromatic N) is 1. The molecule has 2 heterocycles. The third kappa shape index (κ3) is 5.06. The van der Waals surface area contributed by atoms with Gasteiger partial charge in [-0.1, -0.05) is 30.3 Å². The number of carboxylic acid groups (broad SMARTS) is 1. The third-order valence-corrected chi connectivity index (χ3v) is 7.37. The fraction of sp³-hybridized carbons (Fsp3) is 0.429. The van der Waals surface area contributed by atoms with Gasteiger partial charge in [0.05, 0.1) is 12.2 Å². The first-order valence-electron chi connectivity index (χ1n) is 12.4. The molecule has 2 aliphatic heterocycles. The summed E-state index contributed by atoms with van der Waals surface area (Å²) in [6.45, 7) is 6.63. The lowest BCUT2D eigenvalue weighted by Gasteiger charge is -2.47. The first-order valence-corrected chi connectivity index (χ1v) is 12.4. The number of hydrogen-bond acceptors (Lipinski definition) is 7. The number of aliphatic carboxylic acids is 1. The van der Waals surface area contributed by atoms with Crippen molar-refractivity contribution in [1.82, 2.24) is 10.2 Å². The molecule has 0 amide bonds. The van der Waals surface area contributed by atoms with Crippen LogP contribution in [0.2, 0.25) is 0 Å². The second kappa shape index (κ2) is 10.9. The Labute approximate surface area is 215 Å². The Hall–Kier alpha value is -3.43. The predicted octanol–water partition coefficient (Wildman–Crippen LogP) is 4.16. The summed E-state index contributed by atoms with van der Waals surface area (Å²) in [7, 11) is 1.89. The van der Waals surface area contributed by atoms with E-state index in [1.807, 2.05) is 31.0 Å². The van der Waals surface area contributed by atoms with Crippen molar-refractivity contribution in [1.29, 1.82) is 0 Å². The summed E-state index contributed by atoms with van der Waals surface area (Å²) >= 11 is 0. The minimum atomic E-state index is -1.42. The van der Waals surface area contributed by atoms with E-state index in [1.165, 1.54) is 12.1 Å². The molecule has 2 aromatic rings. The molecular formula is C28H33FN2O6. The maximum absolute atomic E-state index is 13.3. The molecule has 9 heteroatoms. The molecule has 4 rings (SSSR count). The van der Waals surface area contributed by atoms with Gasteiger partial charge in [0.2, 0.25) is 0 Å². The van der Waals surface area contributed by atoms with E-state index in [4.69, 9.17) is 14.5 Å². The van der Waals surface area contributed by atoms with E-state index in [1.54, 1.807) is 32.0 Å². The van der Waals surface area contributed by atoms with Crippen LogP contribution in [0.1, 0.15) is 49.8 Å². The van der Waals surface area contributed by atoms with Crippen molar-refractivity contribution in [3.8, 4) is 5.75 Å². The summed E-state index contributed by atoms with van der Waals surface area (Å²) in [6, 6.07) is 11.2. The van der Waals surface area contributed by atoms with Gasteiger partial charge in [0.1, 0.15) is 17.8 Å². The van der Waals surface area contributed by atoms with Crippen LogP contribution in [0, 0.1) is 11.2 Å². The molecule has 3 unspecified atom stereocenters. The fourth-order valence-electron chi connectivity index (χ4n) is 5.50. The van der Waals surface area contributed by atoms with E-state index in [0.717, 1.165) is 11.1 Å². The molecule has 198 valence electrons. The highest BCUT2D eigenvalue weighted by Crippen LogP contribution is 2.53. The Balaban J connectivity index is 1.77. The molecule has 2 aromatic carbocycles. The number of fused-ring (bicyclic) bond motifs is 1. The van der Waals surface area contributed by atoms with E-state index in [-0.39, 0.29) is 31.0 Å². The van der Waals surface area contributed by atoms with Crippen LogP contribution in [0.5, 0.6) is 5.75 Å². The van der Waals surface area contributed by atoms with Gasteiger partial charge < -0.3 is 24.9 Å². The van der Waals surface area contributed by atoms with E-state index >= 15 is 0 Å². The van der Waals surface area contributed by atoms with E-state index in [9.17, 15) is 19.1 Å². The van der Waals surface area contributed by atoms with Gasteiger partial charge >= 0.3 is 11.9 Å². The number of benzene rings is 2. The van der Waals surface area contributed by atoms with Crippen LogP contribution < -0.4 is 10.2 Å². The zero-order valence-corrected chi connectivity index (χ0v) is 21.5. The SMILES string of the molecule is CCOC(=O)C1=C(C)NC(C)C(CCN(C)Cc2ccc(F)cc2)(C(=O)O)C1c1cccc2c1OOC2. The van der Waals surface area contributed by atoms with Crippen molar-refractivity contribution in [2.24, 2.45) is 5.41 Å². The van der Waals surface area contributed by atoms with Crippen LogP contribution in [0.3, 0.4) is 0 Å². The molecule has 0 radical (unpaired) electrons. The molecule has 2 N–H and O–H groups in total. The van der Waals surface area contributed by atoms with E-state index < -0.39 is 29.3 Å². The summed E-state index contributed by atoms with van der Waals surface area (Å²) in [6.07, 6.45) is 0.222. The van der Waals surface area contributed by atoms with Gasteiger partial charge in [0.15, 0.2) is 5.75 Å². The van der Waals surface area contributed by atoms with Crippen molar-refractivity contribution in [2.45, 2.75) is 52.3 Å². The van der Waals surface area contributed by atoms with Crippen LogP contribution in [-0.4, -0.2) is 48.2 Å². The number of allylic oxidation sites excluding steroid dienone is 1. The first-order chi connectivity index (χ1) is 17.7. The number of hydrogen-bond donors (Lipinski definition) is 2. The summed E-state index contributed by atoms with van der Waals surface area (Å²) in [5, 5.41) is 14.1. The maximum Gasteiger partial charge on any atom is 0.336 e. The number of para-hydroxylation sites is 1. The van der Waals surface area contributed by atoms with Crippen molar-refractivity contribution in [3.05, 3.63) is 76.2 Å². The van der Waals surface area contributed by atoms with Gasteiger partial charge in [-0.05, 0) is 58.5 Å². The summed E-state index contributed by atoms with van der Waals surface area (Å²) < 4.78 is 18.7. The molecule has 2 aliphatic rings. The van der Waals surface area contributed by atoms with E-state index in [2.05, 4.69) is 5.32 Å². The third-order valence-electron chi connectivity index (χ3n) is 7.37. The molecule has 0 saturated carbocycles. The number of halogens is 1. The van der Waals surface area contributed by atoms with Crippen LogP contribution >= 0.6 is 0 Å². The number of esters is 1. The number of carbonyl (C=O) groups excluding carboxylic acids is 1. The second-order valence-electron chi connectivity index (χ2n) is 9.70. The fourth-order valence-corrected chi connectivity index (χ4v) is 5.50. The average molecular weight is 513 g/mol. The number of nitrogens with one attached hydrogen (secondary N) is 1. The summed E-state index contributed by atoms with van der Waals surface area (Å²) in [4.78, 5) is 39.3. The Bertz CT molecular complexity index is 1200. The van der Waals surface area contributed by atoms with Gasteiger partial charge in [-0.3, -0.25) is 4.79 Å². The molecule has 0 bridgehead atoms. The summed E-state index contributed by atoms with van der Waals surface area (Å²) in [5.41, 5.74) is 1.71. The normalized spacial score (nSPS) is 22.9. The smallest absolute Gasteiger partial charge is 0.336 e. The molecule has 0 aromatic heterocycles. The first kappa shape index (κ1) is 26.6. The minimum Gasteiger partial charge on any atom is -0.481 e. The minimum absolute atomic E-state index is 0.158. The average Bonchev–Trinajstić information content (AvgIpc) is 3.34. The predicted molar refractivity (Wildman–Crippen MR) is 134 cm³/mol. The van der Waals surface area contributed by atoms with Gasteiger partial charge in [-0.25, -0.2) is 9.18 Å². The molecule has 3 atom stereocenters. The maximum atomic E-state index is 13.3. The Morgan fingerprint density at radius 3 is 2.65 bits per heavy atom. The van der Waals surface area contributed by atoms with Crippen LogP contribution in [0.25, 0.3) is 0 Å². The van der Waals surface area contributed by atoms with Crippen molar-refractivity contribution < 1.29 is 33.6 Å². The van der Waals surface area contributed by atoms with Crippen LogP contribution in [0.15, 0.2) is 53.7 Å². The molecule has 0 spiro atoms. The van der Waals surface area contributed by atoms with Gasteiger partial charge in [0, 0.05) is 35.3 Å². The van der Waals surface area contributed by atoms with Gasteiger partial charge in [-0.2, -0.15) is 4.89 Å². The highest BCUT2D eigenvalue weighted by Gasteiger charge is 2.57. The van der Waals surface area contributed by atoms with Gasteiger partial charge in [-0.15, -0.1) is 0 Å². The lowest BCUT2D eigenvalue weighted by Crippen LogP contribution is -2.57. The van der Waals surface area contributed by atoms with E-state index in [0.29, 0.717) is 30.1 Å². The highest BCUT2D eigenvalue weighted by molar-refractivity contribution is 5.94. The molecule has 37 heavy (non-hydrogen) atoms. The zero-order valence-electron chi connectivity index (χ0n) is 21.5. The van der Waals surface area contributed by atoms with Gasteiger partial charge in [0.25, 0.3) is 0 Å². The molecule has 0 fully saturated rings. The van der Waals surface area contributed by atoms with Crippen molar-refractivity contribution in [3.63, 3.8) is 0 Å². The molecule has 8 nitrogen and oxygen atoms in total. The van der Waals surface area contributed by atoms with Crippen molar-refractivity contribution in [2.75, 3.05) is 20.2 Å². The lowest BCUT2D eigenvalue weighted by molar-refractivity contribution is -0.195. The topological polar surface area (TPSA) is 97.3 Å². The lowest BCUT2D eigenvalue weighted by atomic mass is 9.60. The van der Waals surface area contributed by atoms with Crippen LogP contribution in [-0.2, 0) is 32.4 Å². The Morgan fingerprint density at radius 1 is 1.24 bits per heavy atom. The summed E-state index contributed by atoms with van der Waals surface area (Å²) in [5.74, 6) is -2.31. The zero-order chi connectivity index (χ0) is 26.7. The largest absolute Gasteiger partial charge is 0.481 e. The number of rotatable bonds is 9. The number of carboxylic acids is 1. The highest BCUT2D eigenvalue weighted by atomic mass is 19.1. The number of carbonyl (C=O) groups is 2.